The van der Waals surface area contributed by atoms with Crippen LogP contribution in [0.15, 0.2) is 18.2 Å². The van der Waals surface area contributed by atoms with Crippen molar-refractivity contribution in [3.05, 3.63) is 29.6 Å². The number of rotatable bonds is 3. The van der Waals surface area contributed by atoms with E-state index in [4.69, 9.17) is 4.74 Å². The summed E-state index contributed by atoms with van der Waals surface area (Å²) in [6.45, 7) is 2.00. The third kappa shape index (κ3) is 2.59. The number of ketones is 1. The number of anilines is 1. The van der Waals surface area contributed by atoms with Gasteiger partial charge in [0.25, 0.3) is 0 Å². The Morgan fingerprint density at radius 3 is 2.74 bits per heavy atom. The molecule has 0 aliphatic carbocycles. The lowest BCUT2D eigenvalue weighted by atomic mass is 10.1. The maximum atomic E-state index is 14.1. The molecule has 0 saturated carbocycles. The summed E-state index contributed by atoms with van der Waals surface area (Å²) in [7, 11) is 1.33. The van der Waals surface area contributed by atoms with Gasteiger partial charge in [-0.15, -0.1) is 0 Å². The van der Waals surface area contributed by atoms with Crippen molar-refractivity contribution in [2.24, 2.45) is 0 Å². The van der Waals surface area contributed by atoms with Gasteiger partial charge in [0, 0.05) is 12.1 Å². The average Bonchev–Trinajstić information content (AvgIpc) is 2.86. The van der Waals surface area contributed by atoms with E-state index in [9.17, 15) is 14.0 Å². The molecule has 1 aromatic rings. The molecule has 0 amide bonds. The van der Waals surface area contributed by atoms with Crippen LogP contribution in [0.5, 0.6) is 0 Å². The van der Waals surface area contributed by atoms with Crippen molar-refractivity contribution in [2.45, 2.75) is 25.8 Å². The number of hydrogen-bond acceptors (Lipinski definition) is 4. The lowest BCUT2D eigenvalue weighted by Crippen LogP contribution is -2.37. The van der Waals surface area contributed by atoms with Crippen LogP contribution in [0, 0.1) is 5.82 Å². The van der Waals surface area contributed by atoms with E-state index in [1.807, 2.05) is 0 Å². The highest BCUT2D eigenvalue weighted by Crippen LogP contribution is 2.29. The highest BCUT2D eigenvalue weighted by molar-refractivity contribution is 5.94. The second-order valence-electron chi connectivity index (χ2n) is 4.60. The number of carbonyl (C=O) groups excluding carboxylic acids is 2. The Kier molecular flexibility index (Phi) is 3.83. The minimum atomic E-state index is -0.483. The number of hydrogen-bond donors (Lipinski definition) is 0. The van der Waals surface area contributed by atoms with Gasteiger partial charge in [-0.05, 0) is 38.0 Å². The quantitative estimate of drug-likeness (QED) is 0.620. The van der Waals surface area contributed by atoms with Crippen molar-refractivity contribution < 1.29 is 18.7 Å². The molecule has 1 saturated heterocycles. The van der Waals surface area contributed by atoms with Crippen LogP contribution in [0.2, 0.25) is 0 Å². The number of benzene rings is 1. The highest BCUT2D eigenvalue weighted by Gasteiger charge is 2.33. The van der Waals surface area contributed by atoms with Crippen LogP contribution in [0.1, 0.15) is 30.1 Å². The van der Waals surface area contributed by atoms with Gasteiger partial charge in [-0.25, -0.2) is 9.18 Å². The predicted molar refractivity (Wildman–Crippen MR) is 68.8 cm³/mol. The normalized spacial score (nSPS) is 18.5. The first-order valence-corrected chi connectivity index (χ1v) is 6.19. The second-order valence-corrected chi connectivity index (χ2v) is 4.60. The van der Waals surface area contributed by atoms with Crippen molar-refractivity contribution in [3.63, 3.8) is 0 Å². The topological polar surface area (TPSA) is 46.6 Å². The third-order valence-corrected chi connectivity index (χ3v) is 3.39. The standard InChI is InChI=1S/C14H16FNO3/c1-9(17)10-5-6-12(11(15)8-10)16-7-3-4-13(16)14(18)19-2/h5-6,8,13H,3-4,7H2,1-2H3. The Morgan fingerprint density at radius 1 is 1.42 bits per heavy atom. The number of methoxy groups -OCH3 is 1. The number of carbonyl (C=O) groups is 2. The molecular weight excluding hydrogens is 249 g/mol. The molecule has 1 fully saturated rings. The Morgan fingerprint density at radius 2 is 2.16 bits per heavy atom. The number of nitrogens with zero attached hydrogens (tertiary/aromatic N) is 1. The lowest BCUT2D eigenvalue weighted by Gasteiger charge is -2.25. The minimum absolute atomic E-state index is 0.184. The van der Waals surface area contributed by atoms with Crippen LogP contribution >= 0.6 is 0 Å². The minimum Gasteiger partial charge on any atom is -0.467 e. The number of halogens is 1. The number of esters is 1. The van der Waals surface area contributed by atoms with E-state index in [0.717, 1.165) is 6.42 Å². The molecule has 0 N–H and O–H groups in total. The van der Waals surface area contributed by atoms with Crippen molar-refractivity contribution >= 4 is 17.4 Å². The van der Waals surface area contributed by atoms with Gasteiger partial charge in [-0.1, -0.05) is 0 Å². The molecule has 1 aromatic carbocycles. The van der Waals surface area contributed by atoms with E-state index in [-0.39, 0.29) is 11.8 Å². The monoisotopic (exact) mass is 265 g/mol. The summed E-state index contributed by atoms with van der Waals surface area (Å²) in [5.74, 6) is -1.02. The molecule has 0 spiro atoms. The molecular formula is C14H16FNO3. The summed E-state index contributed by atoms with van der Waals surface area (Å²) in [6.07, 6.45) is 1.47. The van der Waals surface area contributed by atoms with Crippen molar-refractivity contribution in [2.75, 3.05) is 18.6 Å². The van der Waals surface area contributed by atoms with Crippen LogP contribution in [-0.2, 0) is 9.53 Å². The Labute approximate surface area is 111 Å². The fraction of sp³-hybridized carbons (Fsp3) is 0.429. The molecule has 1 unspecified atom stereocenters. The van der Waals surface area contributed by atoms with E-state index >= 15 is 0 Å². The molecule has 1 aliphatic rings. The van der Waals surface area contributed by atoms with E-state index < -0.39 is 11.9 Å². The summed E-state index contributed by atoms with van der Waals surface area (Å²) >= 11 is 0. The molecule has 1 atom stereocenters. The molecule has 0 radical (unpaired) electrons. The molecule has 1 heterocycles. The molecule has 2 rings (SSSR count). The summed E-state index contributed by atoms with van der Waals surface area (Å²) in [4.78, 5) is 24.5. The molecule has 4 nitrogen and oxygen atoms in total. The Hall–Kier alpha value is -1.91. The summed E-state index contributed by atoms with van der Waals surface area (Å²) < 4.78 is 18.8. The van der Waals surface area contributed by atoms with Gasteiger partial charge in [-0.3, -0.25) is 4.79 Å². The smallest absolute Gasteiger partial charge is 0.328 e. The SMILES string of the molecule is COC(=O)C1CCCN1c1ccc(C(C)=O)cc1F. The van der Waals surface area contributed by atoms with Crippen LogP contribution in [0.4, 0.5) is 10.1 Å². The van der Waals surface area contributed by atoms with Crippen LogP contribution in [0.3, 0.4) is 0 Å². The van der Waals surface area contributed by atoms with E-state index in [1.54, 1.807) is 17.0 Å². The first kappa shape index (κ1) is 13.5. The molecule has 1 aliphatic heterocycles. The van der Waals surface area contributed by atoms with Crippen molar-refractivity contribution in [1.29, 1.82) is 0 Å². The van der Waals surface area contributed by atoms with E-state index in [2.05, 4.69) is 0 Å². The van der Waals surface area contributed by atoms with Crippen molar-refractivity contribution in [1.82, 2.24) is 0 Å². The first-order valence-electron chi connectivity index (χ1n) is 6.19. The zero-order valence-electron chi connectivity index (χ0n) is 11.0. The Balaban J connectivity index is 2.31. The average molecular weight is 265 g/mol. The van der Waals surface area contributed by atoms with Gasteiger partial charge in [0.05, 0.1) is 12.8 Å². The summed E-state index contributed by atoms with van der Waals surface area (Å²) in [5.41, 5.74) is 0.674. The molecule has 102 valence electrons. The summed E-state index contributed by atoms with van der Waals surface area (Å²) in [6, 6.07) is 3.90. The van der Waals surface area contributed by atoms with Gasteiger partial charge in [0.1, 0.15) is 11.9 Å². The number of ether oxygens (including phenoxy) is 1. The molecule has 5 heteroatoms. The molecule has 0 bridgehead atoms. The van der Waals surface area contributed by atoms with Gasteiger partial charge in [0.15, 0.2) is 5.78 Å². The molecule has 19 heavy (non-hydrogen) atoms. The van der Waals surface area contributed by atoms with E-state index in [1.165, 1.54) is 20.1 Å². The van der Waals surface area contributed by atoms with Gasteiger partial charge in [0.2, 0.25) is 0 Å². The highest BCUT2D eigenvalue weighted by atomic mass is 19.1. The van der Waals surface area contributed by atoms with Crippen LogP contribution < -0.4 is 4.90 Å². The van der Waals surface area contributed by atoms with Gasteiger partial charge < -0.3 is 9.64 Å². The van der Waals surface area contributed by atoms with Gasteiger partial charge in [-0.2, -0.15) is 0 Å². The Bertz CT molecular complexity index is 515. The van der Waals surface area contributed by atoms with E-state index in [0.29, 0.717) is 24.2 Å². The zero-order chi connectivity index (χ0) is 14.0. The summed E-state index contributed by atoms with van der Waals surface area (Å²) in [5, 5.41) is 0. The first-order chi connectivity index (χ1) is 9.04. The zero-order valence-corrected chi connectivity index (χ0v) is 11.0. The maximum Gasteiger partial charge on any atom is 0.328 e. The lowest BCUT2D eigenvalue weighted by molar-refractivity contribution is -0.141. The second kappa shape index (κ2) is 5.38. The van der Waals surface area contributed by atoms with Crippen LogP contribution in [-0.4, -0.2) is 31.4 Å². The van der Waals surface area contributed by atoms with Gasteiger partial charge >= 0.3 is 5.97 Å². The van der Waals surface area contributed by atoms with Crippen molar-refractivity contribution in [3.8, 4) is 0 Å². The predicted octanol–water partition coefficient (Wildman–Crippen LogP) is 2.17. The molecule has 0 aromatic heterocycles. The largest absolute Gasteiger partial charge is 0.467 e. The number of Topliss-reactive ketones (excluding diaryl/α,β-unsaturated/α-hetero) is 1. The maximum absolute atomic E-state index is 14.1. The third-order valence-electron chi connectivity index (χ3n) is 3.39. The fourth-order valence-electron chi connectivity index (χ4n) is 2.39. The fourth-order valence-corrected chi connectivity index (χ4v) is 2.39. The van der Waals surface area contributed by atoms with Crippen LogP contribution in [0.25, 0.3) is 0 Å².